The van der Waals surface area contributed by atoms with Gasteiger partial charge in [-0.2, -0.15) is 0 Å². The molecule has 0 heterocycles. The van der Waals surface area contributed by atoms with Gasteiger partial charge in [-0.1, -0.05) is 0 Å². The Morgan fingerprint density at radius 2 is 2.21 bits per heavy atom. The van der Waals surface area contributed by atoms with E-state index >= 15 is 0 Å². The topological polar surface area (TPSA) is 58.6 Å². The van der Waals surface area contributed by atoms with E-state index in [1.54, 1.807) is 6.92 Å². The number of aliphatic hydroxyl groups excluding tert-OH is 1. The van der Waals surface area contributed by atoms with Gasteiger partial charge < -0.3 is 15.2 Å². The molecule has 0 aliphatic carbocycles. The van der Waals surface area contributed by atoms with Crippen molar-refractivity contribution in [2.24, 2.45) is 0 Å². The number of hydrogen-bond donors (Lipinski definition) is 2. The van der Waals surface area contributed by atoms with Crippen LogP contribution in [0.25, 0.3) is 0 Å². The van der Waals surface area contributed by atoms with Gasteiger partial charge in [0.2, 0.25) is 0 Å². The molecule has 84 valence electrons. The molecule has 0 aromatic carbocycles. The highest BCUT2D eigenvalue weighted by Gasteiger charge is 2.15. The van der Waals surface area contributed by atoms with Crippen molar-refractivity contribution in [3.63, 3.8) is 0 Å². The van der Waals surface area contributed by atoms with Gasteiger partial charge in [0.15, 0.2) is 0 Å². The smallest absolute Gasteiger partial charge is 0.307 e. The zero-order valence-electron chi connectivity index (χ0n) is 8.00. The number of hydrogen-bond acceptors (Lipinski definition) is 4. The Bertz CT molecular complexity index is 167. The first-order chi connectivity index (χ1) is 6.57. The summed E-state index contributed by atoms with van der Waals surface area (Å²) in [6.07, 6.45) is -4.33. The molecule has 1 atom stereocenters. The first-order valence-electron chi connectivity index (χ1n) is 4.40. The molecule has 0 fully saturated rings. The maximum absolute atomic E-state index is 11.8. The molecule has 14 heavy (non-hydrogen) atoms. The van der Waals surface area contributed by atoms with E-state index in [4.69, 9.17) is 5.11 Å². The van der Waals surface area contributed by atoms with Crippen molar-refractivity contribution in [3.05, 3.63) is 0 Å². The summed E-state index contributed by atoms with van der Waals surface area (Å²) in [5, 5.41) is 11.2. The Kier molecular flexibility index (Phi) is 7.23. The van der Waals surface area contributed by atoms with E-state index in [0.29, 0.717) is 6.61 Å². The fourth-order valence-electron chi connectivity index (χ4n) is 0.763. The second kappa shape index (κ2) is 7.64. The van der Waals surface area contributed by atoms with Crippen molar-refractivity contribution in [2.45, 2.75) is 25.9 Å². The molecule has 4 nitrogen and oxygen atoms in total. The lowest BCUT2D eigenvalue weighted by Crippen LogP contribution is -2.33. The molecular formula is C8H15F2NO3. The van der Waals surface area contributed by atoms with Crippen molar-refractivity contribution in [1.29, 1.82) is 0 Å². The number of nitrogens with one attached hydrogen (secondary N) is 1. The van der Waals surface area contributed by atoms with Crippen molar-refractivity contribution in [3.8, 4) is 0 Å². The van der Waals surface area contributed by atoms with Crippen LogP contribution in [-0.4, -0.2) is 43.3 Å². The van der Waals surface area contributed by atoms with E-state index in [-0.39, 0.29) is 25.5 Å². The van der Waals surface area contributed by atoms with Gasteiger partial charge in [-0.15, -0.1) is 0 Å². The molecule has 2 N–H and O–H groups in total. The third kappa shape index (κ3) is 6.73. The van der Waals surface area contributed by atoms with Crippen LogP contribution < -0.4 is 5.32 Å². The maximum Gasteiger partial charge on any atom is 0.307 e. The highest BCUT2D eigenvalue weighted by molar-refractivity contribution is 5.69. The van der Waals surface area contributed by atoms with E-state index in [1.807, 2.05) is 0 Å². The lowest BCUT2D eigenvalue weighted by Gasteiger charge is -2.09. The van der Waals surface area contributed by atoms with Gasteiger partial charge in [-0.25, -0.2) is 8.78 Å². The average molecular weight is 211 g/mol. The predicted molar refractivity (Wildman–Crippen MR) is 46.1 cm³/mol. The number of alkyl halides is 2. The Morgan fingerprint density at radius 3 is 2.71 bits per heavy atom. The molecule has 0 aliphatic heterocycles. The summed E-state index contributed by atoms with van der Waals surface area (Å²) < 4.78 is 28.1. The summed E-state index contributed by atoms with van der Waals surface area (Å²) >= 11 is 0. The van der Waals surface area contributed by atoms with Crippen LogP contribution in [0.3, 0.4) is 0 Å². The SMILES string of the molecule is CCOC(=O)CCNCC(O)C(F)F. The molecular weight excluding hydrogens is 196 g/mol. The molecule has 0 amide bonds. The number of ether oxygens (including phenoxy) is 1. The van der Waals surface area contributed by atoms with Gasteiger partial charge in [0, 0.05) is 13.1 Å². The van der Waals surface area contributed by atoms with Crippen LogP contribution in [0.4, 0.5) is 8.78 Å². The van der Waals surface area contributed by atoms with Crippen molar-refractivity contribution >= 4 is 5.97 Å². The highest BCUT2D eigenvalue weighted by atomic mass is 19.3. The quantitative estimate of drug-likeness (QED) is 0.465. The summed E-state index contributed by atoms with van der Waals surface area (Å²) in [6, 6.07) is 0. The molecule has 0 bridgehead atoms. The van der Waals surface area contributed by atoms with Crippen LogP contribution in [0.15, 0.2) is 0 Å². The van der Waals surface area contributed by atoms with E-state index in [0.717, 1.165) is 0 Å². The number of halogens is 2. The first kappa shape index (κ1) is 13.2. The summed E-state index contributed by atoms with van der Waals surface area (Å²) in [5.41, 5.74) is 0. The van der Waals surface area contributed by atoms with Gasteiger partial charge >= 0.3 is 5.97 Å². The minimum absolute atomic E-state index is 0.115. The monoisotopic (exact) mass is 211 g/mol. The zero-order chi connectivity index (χ0) is 11.0. The largest absolute Gasteiger partial charge is 0.466 e. The normalized spacial score (nSPS) is 12.9. The molecule has 0 aliphatic rings. The number of esters is 1. The van der Waals surface area contributed by atoms with Crippen molar-refractivity contribution in [2.75, 3.05) is 19.7 Å². The molecule has 1 unspecified atom stereocenters. The van der Waals surface area contributed by atoms with Crippen LogP contribution in [0.5, 0.6) is 0 Å². The van der Waals surface area contributed by atoms with Crippen LogP contribution in [0, 0.1) is 0 Å². The summed E-state index contributed by atoms with van der Waals surface area (Å²) in [7, 11) is 0. The average Bonchev–Trinajstić information content (AvgIpc) is 2.12. The Hall–Kier alpha value is -0.750. The lowest BCUT2D eigenvalue weighted by atomic mass is 10.3. The van der Waals surface area contributed by atoms with E-state index in [2.05, 4.69) is 10.1 Å². The van der Waals surface area contributed by atoms with Crippen LogP contribution in [0.1, 0.15) is 13.3 Å². The molecule has 0 spiro atoms. The van der Waals surface area contributed by atoms with Gasteiger partial charge in [0.05, 0.1) is 13.0 Å². The zero-order valence-corrected chi connectivity index (χ0v) is 8.00. The van der Waals surface area contributed by atoms with Gasteiger partial charge in [-0.05, 0) is 6.92 Å². The van der Waals surface area contributed by atoms with E-state index in [9.17, 15) is 13.6 Å². The summed E-state index contributed by atoms with van der Waals surface area (Å²) in [6.45, 7) is 1.99. The van der Waals surface area contributed by atoms with Gasteiger partial charge in [-0.3, -0.25) is 4.79 Å². The van der Waals surface area contributed by atoms with E-state index < -0.39 is 12.5 Å². The number of carbonyl (C=O) groups excluding carboxylic acids is 1. The molecule has 6 heteroatoms. The Morgan fingerprint density at radius 1 is 1.57 bits per heavy atom. The molecule has 0 aromatic rings. The molecule has 0 aromatic heterocycles. The third-order valence-electron chi connectivity index (χ3n) is 1.46. The minimum Gasteiger partial charge on any atom is -0.466 e. The number of rotatable bonds is 7. The maximum atomic E-state index is 11.8. The number of carbonyl (C=O) groups is 1. The third-order valence-corrected chi connectivity index (χ3v) is 1.46. The highest BCUT2D eigenvalue weighted by Crippen LogP contribution is 1.98. The fraction of sp³-hybridized carbons (Fsp3) is 0.875. The second-order valence-corrected chi connectivity index (χ2v) is 2.66. The van der Waals surface area contributed by atoms with Gasteiger partial charge in [0.1, 0.15) is 6.10 Å². The van der Waals surface area contributed by atoms with Crippen molar-refractivity contribution < 1.29 is 23.4 Å². The molecule has 0 radical (unpaired) electrons. The summed E-state index contributed by atoms with van der Waals surface area (Å²) in [5.74, 6) is -0.383. The van der Waals surface area contributed by atoms with E-state index in [1.165, 1.54) is 0 Å². The van der Waals surface area contributed by atoms with Crippen LogP contribution in [0.2, 0.25) is 0 Å². The minimum atomic E-state index is -2.76. The molecule has 0 rings (SSSR count). The predicted octanol–water partition coefficient (Wildman–Crippen LogP) is 0.155. The van der Waals surface area contributed by atoms with Crippen LogP contribution >= 0.6 is 0 Å². The first-order valence-corrected chi connectivity index (χ1v) is 4.40. The number of aliphatic hydroxyl groups is 1. The second-order valence-electron chi connectivity index (χ2n) is 2.66. The standard InChI is InChI=1S/C8H15F2NO3/c1-2-14-7(13)3-4-11-5-6(12)8(9)10/h6,8,11-12H,2-5H2,1H3. The molecule has 0 saturated carbocycles. The van der Waals surface area contributed by atoms with Crippen LogP contribution in [-0.2, 0) is 9.53 Å². The molecule has 0 saturated heterocycles. The Labute approximate surface area is 81.2 Å². The fourth-order valence-corrected chi connectivity index (χ4v) is 0.763. The van der Waals surface area contributed by atoms with Crippen molar-refractivity contribution in [1.82, 2.24) is 5.32 Å². The lowest BCUT2D eigenvalue weighted by molar-refractivity contribution is -0.143. The Balaban J connectivity index is 3.33. The van der Waals surface area contributed by atoms with Gasteiger partial charge in [0.25, 0.3) is 6.43 Å². The summed E-state index contributed by atoms with van der Waals surface area (Å²) in [4.78, 5) is 10.7.